The maximum absolute atomic E-state index is 13.6. The zero-order valence-electron chi connectivity index (χ0n) is 26.4. The van der Waals surface area contributed by atoms with Crippen LogP contribution in [-0.2, 0) is 27.8 Å². The Bertz CT molecular complexity index is 1740. The average Bonchev–Trinajstić information content (AvgIpc) is 3.37. The van der Waals surface area contributed by atoms with Gasteiger partial charge in [0.15, 0.2) is 11.5 Å². The molecular weight excluding hydrogens is 564 g/mol. The number of benzene rings is 3. The molecule has 7 heteroatoms. The number of carbonyl (C=O) groups is 2. The third-order valence-electron chi connectivity index (χ3n) is 10.9. The smallest absolute Gasteiger partial charge is 0.308 e. The minimum atomic E-state index is -0.465. The van der Waals surface area contributed by atoms with E-state index in [-0.39, 0.29) is 41.5 Å². The molecule has 2 fully saturated rings. The highest BCUT2D eigenvalue weighted by atomic mass is 16.6. The summed E-state index contributed by atoms with van der Waals surface area (Å²) in [7, 11) is 1.83. The monoisotopic (exact) mass is 604 g/mol. The topological polar surface area (TPSA) is 79.3 Å². The summed E-state index contributed by atoms with van der Waals surface area (Å²) >= 11 is 0. The van der Waals surface area contributed by atoms with Gasteiger partial charge in [-0.1, -0.05) is 42.3 Å². The van der Waals surface area contributed by atoms with Crippen LogP contribution in [0.1, 0.15) is 59.6 Å². The number of piperidine rings is 1. The van der Waals surface area contributed by atoms with E-state index in [1.54, 1.807) is 4.90 Å². The van der Waals surface area contributed by atoms with Crippen molar-refractivity contribution in [1.82, 2.24) is 9.80 Å². The average molecular weight is 605 g/mol. The molecule has 5 atom stereocenters. The number of likely N-dealkylation sites (tertiary alicyclic amines) is 1. The molecule has 0 aromatic heterocycles. The first kappa shape index (κ1) is 29.4. The van der Waals surface area contributed by atoms with Gasteiger partial charge in [0.2, 0.25) is 0 Å². The van der Waals surface area contributed by atoms with Crippen molar-refractivity contribution < 1.29 is 24.2 Å². The Morgan fingerprint density at radius 1 is 1.11 bits per heavy atom. The SMILES string of the molecule is CC(=O)Oc1cc(O)c2c3c1O[C@H]1[C@H](N(C)C(=O)C#Cc4ccc(C)c(C)c4)CC[C@H]4[C@@H](C2)N(CCc2ccccc2)CC[C@@]341. The van der Waals surface area contributed by atoms with Crippen LogP contribution < -0.4 is 9.47 Å². The second-order valence-corrected chi connectivity index (χ2v) is 13.3. The van der Waals surface area contributed by atoms with Gasteiger partial charge in [0.25, 0.3) is 5.91 Å². The number of amides is 1. The lowest BCUT2D eigenvalue weighted by Gasteiger charge is -2.60. The fraction of sp³-hybridized carbons (Fsp3) is 0.421. The lowest BCUT2D eigenvalue weighted by molar-refractivity contribution is -0.134. The predicted molar refractivity (Wildman–Crippen MR) is 171 cm³/mol. The summed E-state index contributed by atoms with van der Waals surface area (Å²) in [4.78, 5) is 30.0. The van der Waals surface area contributed by atoms with Crippen molar-refractivity contribution in [3.63, 3.8) is 0 Å². The standard InChI is InChI=1S/C38H40N2O5/c1-23-10-11-27(20-24(23)2)12-15-34(43)39(4)30-14-13-29-31-21-28-32(42)22-33(44-25(3)41)36-35(28)38(29,37(30)45-36)17-19-40(31)18-16-26-8-6-5-7-9-26/h5-11,20,22,29-31,37,42H,13-14,16-19,21H2,1-4H3/t29-,30+,31+,37-,38-/m0/s1. The number of hydrogen-bond donors (Lipinski definition) is 1. The van der Waals surface area contributed by atoms with E-state index in [0.29, 0.717) is 12.2 Å². The molecule has 1 saturated heterocycles. The highest BCUT2D eigenvalue weighted by molar-refractivity contribution is 5.94. The quantitative estimate of drug-likeness (QED) is 0.248. The number of ether oxygens (including phenoxy) is 2. The van der Waals surface area contributed by atoms with Gasteiger partial charge in [0.1, 0.15) is 11.9 Å². The third kappa shape index (κ3) is 4.87. The zero-order chi connectivity index (χ0) is 31.5. The molecule has 3 aromatic rings. The molecule has 1 saturated carbocycles. The van der Waals surface area contributed by atoms with Crippen molar-refractivity contribution >= 4 is 11.9 Å². The summed E-state index contributed by atoms with van der Waals surface area (Å²) in [5.41, 5.74) is 5.94. The first-order valence-corrected chi connectivity index (χ1v) is 16.1. The van der Waals surface area contributed by atoms with Crippen LogP contribution in [0.15, 0.2) is 54.6 Å². The van der Waals surface area contributed by atoms with Gasteiger partial charge in [-0.25, -0.2) is 0 Å². The van der Waals surface area contributed by atoms with Gasteiger partial charge in [0.05, 0.1) is 6.04 Å². The second kappa shape index (κ2) is 11.3. The van der Waals surface area contributed by atoms with Crippen molar-refractivity contribution in [2.45, 2.75) is 76.5 Å². The lowest BCUT2D eigenvalue weighted by atomic mass is 9.50. The van der Waals surface area contributed by atoms with E-state index >= 15 is 0 Å². The Morgan fingerprint density at radius 2 is 1.91 bits per heavy atom. The molecule has 0 radical (unpaired) electrons. The van der Waals surface area contributed by atoms with Crippen LogP contribution in [0.2, 0.25) is 0 Å². The van der Waals surface area contributed by atoms with Gasteiger partial charge >= 0.3 is 5.97 Å². The number of phenolic OH excluding ortho intramolecular Hbond substituents is 1. The molecule has 0 unspecified atom stereocenters. The Kier molecular flexibility index (Phi) is 7.37. The number of phenols is 1. The van der Waals surface area contributed by atoms with E-state index in [1.165, 1.54) is 24.1 Å². The molecule has 3 aromatic carbocycles. The number of aryl methyl sites for hydroxylation is 2. The molecule has 1 amide bonds. The first-order valence-electron chi connectivity index (χ1n) is 16.1. The van der Waals surface area contributed by atoms with Gasteiger partial charge in [-0.2, -0.15) is 0 Å². The van der Waals surface area contributed by atoms with E-state index in [1.807, 2.05) is 38.2 Å². The number of nitrogens with zero attached hydrogens (tertiary/aromatic N) is 2. The van der Waals surface area contributed by atoms with Gasteiger partial charge in [-0.05, 0) is 87.2 Å². The highest BCUT2D eigenvalue weighted by Crippen LogP contribution is 2.65. The molecule has 45 heavy (non-hydrogen) atoms. The maximum Gasteiger partial charge on any atom is 0.308 e. The Morgan fingerprint density at radius 3 is 2.67 bits per heavy atom. The number of aromatic hydroxyl groups is 1. The molecule has 7 nitrogen and oxygen atoms in total. The minimum Gasteiger partial charge on any atom is -0.508 e. The van der Waals surface area contributed by atoms with Crippen LogP contribution >= 0.6 is 0 Å². The summed E-state index contributed by atoms with van der Waals surface area (Å²) < 4.78 is 12.5. The van der Waals surface area contributed by atoms with Crippen molar-refractivity contribution in [3.8, 4) is 29.1 Å². The largest absolute Gasteiger partial charge is 0.508 e. The van der Waals surface area contributed by atoms with Crippen LogP contribution in [-0.4, -0.2) is 65.1 Å². The normalized spacial score (nSPS) is 25.8. The lowest BCUT2D eigenvalue weighted by Crippen LogP contribution is -2.69. The van der Waals surface area contributed by atoms with E-state index in [9.17, 15) is 14.7 Å². The minimum absolute atomic E-state index is 0.146. The molecule has 2 heterocycles. The van der Waals surface area contributed by atoms with Crippen molar-refractivity contribution in [2.24, 2.45) is 5.92 Å². The van der Waals surface area contributed by atoms with E-state index in [4.69, 9.17) is 9.47 Å². The molecular formula is C38H40N2O5. The van der Waals surface area contributed by atoms with E-state index < -0.39 is 11.4 Å². The summed E-state index contributed by atoms with van der Waals surface area (Å²) in [6, 6.07) is 18.1. The first-order chi connectivity index (χ1) is 21.7. The molecule has 2 bridgehead atoms. The highest BCUT2D eigenvalue weighted by Gasteiger charge is 2.67. The van der Waals surface area contributed by atoms with E-state index in [2.05, 4.69) is 47.9 Å². The van der Waals surface area contributed by atoms with Crippen molar-refractivity contribution in [3.05, 3.63) is 88.0 Å². The number of carbonyl (C=O) groups excluding carboxylic acids is 2. The molecule has 1 spiro atoms. The third-order valence-corrected chi connectivity index (χ3v) is 10.9. The molecule has 2 aliphatic heterocycles. The van der Waals surface area contributed by atoms with Gasteiger partial charge < -0.3 is 19.5 Å². The number of hydrogen-bond acceptors (Lipinski definition) is 6. The fourth-order valence-corrected chi connectivity index (χ4v) is 8.66. The Labute approximate surface area is 265 Å². The molecule has 1 N–H and O–H groups in total. The van der Waals surface area contributed by atoms with Crippen molar-refractivity contribution in [1.29, 1.82) is 0 Å². The van der Waals surface area contributed by atoms with Crippen LogP contribution in [0.25, 0.3) is 0 Å². The summed E-state index contributed by atoms with van der Waals surface area (Å²) in [5.74, 6) is 6.49. The fourth-order valence-electron chi connectivity index (χ4n) is 8.66. The van der Waals surface area contributed by atoms with Gasteiger partial charge in [-0.3, -0.25) is 14.5 Å². The number of rotatable bonds is 5. The van der Waals surface area contributed by atoms with Crippen LogP contribution in [0.3, 0.4) is 0 Å². The van der Waals surface area contributed by atoms with Crippen LogP contribution in [0.4, 0.5) is 0 Å². The Balaban J connectivity index is 1.24. The van der Waals surface area contributed by atoms with Crippen LogP contribution in [0.5, 0.6) is 17.2 Å². The maximum atomic E-state index is 13.6. The van der Waals surface area contributed by atoms with Gasteiger partial charge in [-0.15, -0.1) is 0 Å². The molecule has 4 aliphatic rings. The van der Waals surface area contributed by atoms with Gasteiger partial charge in [0, 0.05) is 60.7 Å². The summed E-state index contributed by atoms with van der Waals surface area (Å²) in [6.07, 6.45) is 3.89. The van der Waals surface area contributed by atoms with E-state index in [0.717, 1.165) is 61.0 Å². The summed E-state index contributed by atoms with van der Waals surface area (Å²) in [5, 5.41) is 11.4. The second-order valence-electron chi connectivity index (χ2n) is 13.3. The van der Waals surface area contributed by atoms with Crippen LogP contribution in [0, 0.1) is 31.6 Å². The zero-order valence-corrected chi connectivity index (χ0v) is 26.4. The molecule has 7 rings (SSSR count). The number of likely N-dealkylation sites (N-methyl/N-ethyl adjacent to an activating group) is 1. The molecule has 2 aliphatic carbocycles. The molecule has 232 valence electrons. The Hall–Kier alpha value is -4.28. The van der Waals surface area contributed by atoms with Crippen molar-refractivity contribution in [2.75, 3.05) is 20.1 Å². The summed E-state index contributed by atoms with van der Waals surface area (Å²) in [6.45, 7) is 7.29. The predicted octanol–water partition coefficient (Wildman–Crippen LogP) is 5.09. The number of esters is 1.